The van der Waals surface area contributed by atoms with Crippen LogP contribution in [0.5, 0.6) is 0 Å². The maximum absolute atomic E-state index is 12.3. The van der Waals surface area contributed by atoms with Gasteiger partial charge in [0, 0.05) is 24.4 Å². The van der Waals surface area contributed by atoms with Gasteiger partial charge in [-0.1, -0.05) is 18.9 Å². The van der Waals surface area contributed by atoms with Gasteiger partial charge in [0.05, 0.1) is 17.7 Å². The number of nitrogens with zero attached hydrogens (tertiary/aromatic N) is 6. The number of anilines is 1. The lowest BCUT2D eigenvalue weighted by Gasteiger charge is -2.31. The van der Waals surface area contributed by atoms with Gasteiger partial charge in [-0.15, -0.1) is 16.4 Å². The molecule has 0 aliphatic carbocycles. The van der Waals surface area contributed by atoms with Crippen molar-refractivity contribution in [1.29, 1.82) is 0 Å². The average molecular weight is 335 g/mol. The Morgan fingerprint density at radius 3 is 2.96 bits per heavy atom. The summed E-state index contributed by atoms with van der Waals surface area (Å²) in [5.74, 6) is 0.975. The van der Waals surface area contributed by atoms with Crippen molar-refractivity contribution in [3.8, 4) is 0 Å². The molecular weight excluding hydrogens is 314 g/mol. The van der Waals surface area contributed by atoms with E-state index in [1.807, 2.05) is 0 Å². The molecule has 2 aromatic heterocycles. The summed E-state index contributed by atoms with van der Waals surface area (Å²) in [5, 5.41) is 17.4. The van der Waals surface area contributed by atoms with Crippen molar-refractivity contribution in [2.24, 2.45) is 7.05 Å². The fraction of sp³-hybridized carbons (Fsp3) is 0.643. The average Bonchev–Trinajstić information content (AvgIpc) is 3.17. The molecule has 1 atom stereocenters. The third-order valence-corrected chi connectivity index (χ3v) is 4.94. The van der Waals surface area contributed by atoms with Crippen LogP contribution in [0.2, 0.25) is 0 Å². The molecule has 0 aromatic carbocycles. The molecule has 1 aliphatic rings. The number of likely N-dealkylation sites (tertiary alicyclic amines) is 1. The van der Waals surface area contributed by atoms with E-state index in [0.29, 0.717) is 18.4 Å². The van der Waals surface area contributed by atoms with E-state index >= 15 is 0 Å². The van der Waals surface area contributed by atoms with Crippen molar-refractivity contribution in [2.75, 3.05) is 18.4 Å². The summed E-state index contributed by atoms with van der Waals surface area (Å²) in [6, 6.07) is -0.177. The Kier molecular flexibility index (Phi) is 4.56. The smallest absolute Gasteiger partial charge is 0.324 e. The van der Waals surface area contributed by atoms with Gasteiger partial charge >= 0.3 is 6.03 Å². The molecule has 3 rings (SSSR count). The molecule has 1 saturated heterocycles. The molecule has 1 fully saturated rings. The van der Waals surface area contributed by atoms with E-state index < -0.39 is 0 Å². The highest BCUT2D eigenvalue weighted by Gasteiger charge is 2.27. The number of carbonyl (C=O) groups excluding carboxylic acids is 1. The topological polar surface area (TPSA) is 88.8 Å². The van der Waals surface area contributed by atoms with Crippen LogP contribution < -0.4 is 5.32 Å². The van der Waals surface area contributed by atoms with Crippen LogP contribution in [0.3, 0.4) is 0 Å². The molecule has 1 aliphatic heterocycles. The van der Waals surface area contributed by atoms with Crippen LogP contribution in [-0.2, 0) is 7.05 Å². The predicted molar refractivity (Wildman–Crippen MR) is 87.6 cm³/mol. The highest BCUT2D eigenvalue weighted by atomic mass is 32.1. The van der Waals surface area contributed by atoms with Gasteiger partial charge < -0.3 is 4.90 Å². The van der Waals surface area contributed by atoms with Crippen molar-refractivity contribution in [3.05, 3.63) is 16.1 Å². The van der Waals surface area contributed by atoms with E-state index in [4.69, 9.17) is 4.98 Å². The van der Waals surface area contributed by atoms with Crippen molar-refractivity contribution >= 4 is 23.3 Å². The molecule has 0 saturated carbocycles. The van der Waals surface area contributed by atoms with Crippen LogP contribution in [0.25, 0.3) is 0 Å². The first-order valence-electron chi connectivity index (χ1n) is 7.78. The molecule has 0 radical (unpaired) electrons. The number of hydrogen-bond acceptors (Lipinski definition) is 6. The van der Waals surface area contributed by atoms with Gasteiger partial charge in [0.2, 0.25) is 0 Å². The zero-order valence-electron chi connectivity index (χ0n) is 13.6. The summed E-state index contributed by atoms with van der Waals surface area (Å²) in [6.45, 7) is 5.71. The number of rotatable bonds is 3. The molecule has 8 nitrogen and oxygen atoms in total. The molecule has 2 amide bonds. The molecule has 1 unspecified atom stereocenters. The second-order valence-electron chi connectivity index (χ2n) is 6.08. The monoisotopic (exact) mass is 335 g/mol. The van der Waals surface area contributed by atoms with Crippen LogP contribution in [0, 0.1) is 0 Å². The Morgan fingerprint density at radius 1 is 1.48 bits per heavy atom. The quantitative estimate of drug-likeness (QED) is 0.929. The maximum Gasteiger partial charge on any atom is 0.324 e. The summed E-state index contributed by atoms with van der Waals surface area (Å²) in [4.78, 5) is 20.2. The van der Waals surface area contributed by atoms with Gasteiger partial charge in [-0.25, -0.2) is 9.78 Å². The van der Waals surface area contributed by atoms with Gasteiger partial charge in [0.25, 0.3) is 5.95 Å². The Labute approximate surface area is 138 Å². The molecule has 124 valence electrons. The Hall–Kier alpha value is -2.03. The first-order valence-corrected chi connectivity index (χ1v) is 8.66. The number of hydrogen-bond donors (Lipinski definition) is 1. The molecular formula is C14H21N7OS. The molecule has 0 bridgehead atoms. The Balaban J connectivity index is 1.64. The SMILES string of the molecule is CC(C)c1csc(C2CCCN(C(=O)Nc3nnn(C)n3)C2)n1. The van der Waals surface area contributed by atoms with E-state index in [0.717, 1.165) is 30.1 Å². The van der Waals surface area contributed by atoms with Gasteiger partial charge in [-0.3, -0.25) is 5.32 Å². The van der Waals surface area contributed by atoms with Crippen molar-refractivity contribution in [1.82, 2.24) is 30.1 Å². The number of urea groups is 1. The minimum Gasteiger partial charge on any atom is -0.324 e. The van der Waals surface area contributed by atoms with E-state index in [9.17, 15) is 4.79 Å². The summed E-state index contributed by atoms with van der Waals surface area (Å²) in [6.07, 6.45) is 2.04. The van der Waals surface area contributed by atoms with E-state index in [-0.39, 0.29) is 12.0 Å². The van der Waals surface area contributed by atoms with Crippen molar-refractivity contribution in [3.63, 3.8) is 0 Å². The minimum absolute atomic E-state index is 0.177. The second-order valence-corrected chi connectivity index (χ2v) is 6.97. The van der Waals surface area contributed by atoms with Crippen LogP contribution in [0.15, 0.2) is 5.38 Å². The molecule has 1 N–H and O–H groups in total. The summed E-state index contributed by atoms with van der Waals surface area (Å²) < 4.78 is 0. The lowest BCUT2D eigenvalue weighted by Crippen LogP contribution is -2.41. The van der Waals surface area contributed by atoms with Crippen molar-refractivity contribution < 1.29 is 4.79 Å². The zero-order chi connectivity index (χ0) is 16.4. The van der Waals surface area contributed by atoms with Crippen LogP contribution in [0.1, 0.15) is 49.2 Å². The number of amides is 2. The fourth-order valence-electron chi connectivity index (χ4n) is 2.63. The standard InChI is InChI=1S/C14H21N7OS/c1-9(2)11-8-23-12(15-11)10-5-4-6-21(7-10)14(22)16-13-17-19-20(3)18-13/h8-10H,4-7H2,1-3H3,(H,16,18,22). The number of aryl methyl sites for hydroxylation is 1. The van der Waals surface area contributed by atoms with Gasteiger partial charge in [-0.05, 0) is 24.0 Å². The molecule has 23 heavy (non-hydrogen) atoms. The summed E-state index contributed by atoms with van der Waals surface area (Å²) in [5.41, 5.74) is 1.13. The lowest BCUT2D eigenvalue weighted by molar-refractivity contribution is 0.192. The third-order valence-electron chi connectivity index (χ3n) is 3.92. The highest BCUT2D eigenvalue weighted by Crippen LogP contribution is 2.31. The molecule has 2 aromatic rings. The van der Waals surface area contributed by atoms with E-state index in [1.165, 1.54) is 4.80 Å². The second kappa shape index (κ2) is 6.61. The highest BCUT2D eigenvalue weighted by molar-refractivity contribution is 7.09. The maximum atomic E-state index is 12.3. The van der Waals surface area contributed by atoms with Crippen LogP contribution in [-0.4, -0.2) is 49.2 Å². The van der Waals surface area contributed by atoms with Crippen molar-refractivity contribution in [2.45, 2.75) is 38.5 Å². The Bertz CT molecular complexity index is 680. The zero-order valence-corrected chi connectivity index (χ0v) is 14.4. The van der Waals surface area contributed by atoms with Gasteiger partial charge in [0.1, 0.15) is 0 Å². The molecule has 0 spiro atoms. The predicted octanol–water partition coefficient (Wildman–Crippen LogP) is 2.20. The van der Waals surface area contributed by atoms with E-state index in [2.05, 4.69) is 40.0 Å². The van der Waals surface area contributed by atoms with E-state index in [1.54, 1.807) is 23.3 Å². The van der Waals surface area contributed by atoms with Gasteiger partial charge in [0.15, 0.2) is 0 Å². The summed E-state index contributed by atoms with van der Waals surface area (Å²) >= 11 is 1.70. The number of carbonyl (C=O) groups is 1. The molecule has 3 heterocycles. The third kappa shape index (κ3) is 3.66. The number of aromatic nitrogens is 5. The normalized spacial score (nSPS) is 18.4. The summed E-state index contributed by atoms with van der Waals surface area (Å²) in [7, 11) is 1.66. The minimum atomic E-state index is -0.177. The largest absolute Gasteiger partial charge is 0.324 e. The molecule has 9 heteroatoms. The first kappa shape index (κ1) is 15.9. The number of piperidine rings is 1. The lowest BCUT2D eigenvalue weighted by atomic mass is 9.99. The number of thiazole rings is 1. The number of tetrazole rings is 1. The van der Waals surface area contributed by atoms with Crippen LogP contribution in [0.4, 0.5) is 10.7 Å². The Morgan fingerprint density at radius 2 is 2.30 bits per heavy atom. The first-order chi connectivity index (χ1) is 11.0. The van der Waals surface area contributed by atoms with Gasteiger partial charge in [-0.2, -0.15) is 4.80 Å². The number of nitrogens with one attached hydrogen (secondary N) is 1. The van der Waals surface area contributed by atoms with Crippen LogP contribution >= 0.6 is 11.3 Å². The fourth-order valence-corrected chi connectivity index (χ4v) is 3.73.